The van der Waals surface area contributed by atoms with E-state index >= 15 is 0 Å². The average molecular weight is 494 g/mol. The van der Waals surface area contributed by atoms with Crippen molar-refractivity contribution in [3.8, 4) is 11.5 Å². The van der Waals surface area contributed by atoms with E-state index in [1.807, 2.05) is 0 Å². The van der Waals surface area contributed by atoms with Crippen LogP contribution in [0.4, 0.5) is 0 Å². The normalized spacial score (nSPS) is 17.1. The Hall–Kier alpha value is -3.28. The molecule has 194 valence electrons. The van der Waals surface area contributed by atoms with Crippen molar-refractivity contribution >= 4 is 17.4 Å². The summed E-state index contributed by atoms with van der Waals surface area (Å²) < 4.78 is 5.18. The number of unbranched alkanes of at least 4 members (excludes halogenated alkanes) is 9. The lowest BCUT2D eigenvalue weighted by atomic mass is 9.95. The predicted molar refractivity (Wildman–Crippen MR) is 142 cm³/mol. The van der Waals surface area contributed by atoms with E-state index in [4.69, 9.17) is 4.74 Å². The Morgan fingerprint density at radius 3 is 1.94 bits per heavy atom. The van der Waals surface area contributed by atoms with Gasteiger partial charge in [-0.3, -0.25) is 9.59 Å². The number of likely N-dealkylation sites (tertiary alicyclic amines) is 1. The van der Waals surface area contributed by atoms with Gasteiger partial charge in [0.2, 0.25) is 0 Å². The molecule has 0 aliphatic carbocycles. The number of aromatic hydroxyl groups is 1. The number of hydrogen-bond donors (Lipinski definition) is 2. The van der Waals surface area contributed by atoms with Crippen molar-refractivity contribution < 1.29 is 24.5 Å². The van der Waals surface area contributed by atoms with Gasteiger partial charge in [-0.1, -0.05) is 76.8 Å². The summed E-state index contributed by atoms with van der Waals surface area (Å²) in [6.45, 7) is 2.66. The largest absolute Gasteiger partial charge is 0.508 e. The van der Waals surface area contributed by atoms with Crippen LogP contribution in [0.15, 0.2) is 54.1 Å². The Morgan fingerprint density at radius 1 is 0.833 bits per heavy atom. The second-order valence-electron chi connectivity index (χ2n) is 9.49. The van der Waals surface area contributed by atoms with Gasteiger partial charge in [0.15, 0.2) is 0 Å². The monoisotopic (exact) mass is 493 g/mol. The predicted octanol–water partition coefficient (Wildman–Crippen LogP) is 6.74. The number of phenolic OH excluding ortho intramolecular Hbond substituents is 1. The number of Topliss-reactive ketones (excluding diaryl/α,β-unsaturated/α-hetero) is 1. The molecule has 0 radical (unpaired) electrons. The maximum absolute atomic E-state index is 13.1. The summed E-state index contributed by atoms with van der Waals surface area (Å²) in [7, 11) is 1.55. The number of hydrogen-bond acceptors (Lipinski definition) is 5. The molecule has 0 spiro atoms. The number of aliphatic hydroxyl groups is 1. The minimum atomic E-state index is -0.703. The highest BCUT2D eigenvalue weighted by atomic mass is 16.5. The number of carbonyl (C=O) groups is 2. The second kappa shape index (κ2) is 13.7. The summed E-state index contributed by atoms with van der Waals surface area (Å²) in [5.41, 5.74) is 1.19. The first-order chi connectivity index (χ1) is 17.5. The zero-order chi connectivity index (χ0) is 25.9. The van der Waals surface area contributed by atoms with E-state index in [9.17, 15) is 19.8 Å². The minimum Gasteiger partial charge on any atom is -0.508 e. The second-order valence-corrected chi connectivity index (χ2v) is 9.49. The van der Waals surface area contributed by atoms with Gasteiger partial charge in [0.1, 0.15) is 17.3 Å². The van der Waals surface area contributed by atoms with Crippen molar-refractivity contribution in [2.45, 2.75) is 77.2 Å². The molecule has 1 amide bonds. The number of amides is 1. The van der Waals surface area contributed by atoms with Crippen molar-refractivity contribution in [3.63, 3.8) is 0 Å². The Labute approximate surface area is 214 Å². The molecule has 0 saturated carbocycles. The molecule has 2 aromatic rings. The maximum atomic E-state index is 13.1. The quantitative estimate of drug-likeness (QED) is 0.132. The number of phenols is 1. The average Bonchev–Trinajstić information content (AvgIpc) is 3.14. The fourth-order valence-corrected chi connectivity index (χ4v) is 4.79. The SMILES string of the molecule is CCCCCCCCCCCCN1C(=O)C(=O)/C(=C(\O)c2ccc(OC)cc2)C1c1ccc(O)cc1. The van der Waals surface area contributed by atoms with Gasteiger partial charge in [-0.2, -0.15) is 0 Å². The lowest BCUT2D eigenvalue weighted by Gasteiger charge is -2.25. The highest BCUT2D eigenvalue weighted by Gasteiger charge is 2.45. The Bertz CT molecular complexity index is 1030. The molecule has 0 aromatic heterocycles. The zero-order valence-corrected chi connectivity index (χ0v) is 21.5. The summed E-state index contributed by atoms with van der Waals surface area (Å²) in [6, 6.07) is 12.5. The number of carbonyl (C=O) groups excluding carboxylic acids is 2. The minimum absolute atomic E-state index is 0.0722. The van der Waals surface area contributed by atoms with E-state index in [1.165, 1.54) is 57.1 Å². The molecule has 2 N–H and O–H groups in total. The van der Waals surface area contributed by atoms with Crippen LogP contribution in [0, 0.1) is 0 Å². The fraction of sp³-hybridized carbons (Fsp3) is 0.467. The lowest BCUT2D eigenvalue weighted by Crippen LogP contribution is -2.30. The summed E-state index contributed by atoms with van der Waals surface area (Å²) >= 11 is 0. The molecule has 6 heteroatoms. The molecule has 1 fully saturated rings. The lowest BCUT2D eigenvalue weighted by molar-refractivity contribution is -0.139. The van der Waals surface area contributed by atoms with Gasteiger partial charge in [-0.05, 0) is 48.4 Å². The van der Waals surface area contributed by atoms with E-state index in [0.29, 0.717) is 23.4 Å². The van der Waals surface area contributed by atoms with Crippen molar-refractivity contribution in [2.24, 2.45) is 0 Å². The molecule has 1 aliphatic heterocycles. The van der Waals surface area contributed by atoms with E-state index in [2.05, 4.69) is 6.92 Å². The molecule has 36 heavy (non-hydrogen) atoms. The third-order valence-corrected chi connectivity index (χ3v) is 6.86. The molecule has 1 atom stereocenters. The number of rotatable bonds is 14. The smallest absolute Gasteiger partial charge is 0.295 e. The number of aliphatic hydroxyl groups excluding tert-OH is 1. The Balaban J connectivity index is 1.72. The molecule has 6 nitrogen and oxygen atoms in total. The Kier molecular flexibility index (Phi) is 10.4. The van der Waals surface area contributed by atoms with Crippen LogP contribution in [-0.2, 0) is 9.59 Å². The first-order valence-electron chi connectivity index (χ1n) is 13.2. The van der Waals surface area contributed by atoms with Gasteiger partial charge in [0, 0.05) is 12.1 Å². The third-order valence-electron chi connectivity index (χ3n) is 6.86. The Morgan fingerprint density at radius 2 is 1.39 bits per heavy atom. The molecule has 3 rings (SSSR count). The van der Waals surface area contributed by atoms with Crippen LogP contribution >= 0.6 is 0 Å². The highest BCUT2D eigenvalue weighted by molar-refractivity contribution is 6.46. The molecular weight excluding hydrogens is 454 g/mol. The summed E-state index contributed by atoms with van der Waals surface area (Å²) in [6.07, 6.45) is 11.8. The van der Waals surface area contributed by atoms with E-state index in [0.717, 1.165) is 19.3 Å². The van der Waals surface area contributed by atoms with Gasteiger partial charge in [-0.15, -0.1) is 0 Å². The van der Waals surface area contributed by atoms with E-state index < -0.39 is 17.7 Å². The summed E-state index contributed by atoms with van der Waals surface area (Å²) in [4.78, 5) is 27.7. The van der Waals surface area contributed by atoms with Crippen LogP contribution < -0.4 is 4.74 Å². The molecule has 1 unspecified atom stereocenters. The van der Waals surface area contributed by atoms with E-state index in [-0.39, 0.29) is 17.1 Å². The van der Waals surface area contributed by atoms with Crippen LogP contribution in [0.1, 0.15) is 88.3 Å². The van der Waals surface area contributed by atoms with Crippen molar-refractivity contribution in [1.82, 2.24) is 4.90 Å². The molecule has 1 aliphatic rings. The molecule has 2 aromatic carbocycles. The first kappa shape index (κ1) is 27.3. The topological polar surface area (TPSA) is 87.1 Å². The number of nitrogens with zero attached hydrogens (tertiary/aromatic N) is 1. The molecule has 1 heterocycles. The van der Waals surface area contributed by atoms with Gasteiger partial charge < -0.3 is 19.8 Å². The molecule has 1 saturated heterocycles. The van der Waals surface area contributed by atoms with Crippen LogP contribution in [0.3, 0.4) is 0 Å². The third kappa shape index (κ3) is 6.90. The number of ether oxygens (including phenoxy) is 1. The van der Waals surface area contributed by atoms with Gasteiger partial charge in [-0.25, -0.2) is 0 Å². The number of ketones is 1. The molecular formula is C30H39NO5. The van der Waals surface area contributed by atoms with Gasteiger partial charge in [0.05, 0.1) is 18.7 Å². The first-order valence-corrected chi connectivity index (χ1v) is 13.2. The fourth-order valence-electron chi connectivity index (χ4n) is 4.79. The van der Waals surface area contributed by atoms with Crippen LogP contribution in [0.2, 0.25) is 0 Å². The van der Waals surface area contributed by atoms with E-state index in [1.54, 1.807) is 48.4 Å². The van der Waals surface area contributed by atoms with Gasteiger partial charge in [0.25, 0.3) is 11.7 Å². The van der Waals surface area contributed by atoms with Crippen LogP contribution in [0.5, 0.6) is 11.5 Å². The zero-order valence-electron chi connectivity index (χ0n) is 21.5. The van der Waals surface area contributed by atoms with Crippen molar-refractivity contribution in [1.29, 1.82) is 0 Å². The van der Waals surface area contributed by atoms with Crippen molar-refractivity contribution in [2.75, 3.05) is 13.7 Å². The number of benzene rings is 2. The number of methoxy groups -OCH3 is 1. The van der Waals surface area contributed by atoms with Crippen molar-refractivity contribution in [3.05, 3.63) is 65.2 Å². The van der Waals surface area contributed by atoms with Crippen LogP contribution in [0.25, 0.3) is 5.76 Å². The standard InChI is InChI=1S/C30H39NO5/c1-3-4-5-6-7-8-9-10-11-12-21-31-27(22-13-17-24(32)18-14-22)26(29(34)30(31)35)28(33)23-15-19-25(36-2)20-16-23/h13-20,27,32-33H,3-12,21H2,1-2H3/b28-26-. The molecule has 0 bridgehead atoms. The van der Waals surface area contributed by atoms with Crippen LogP contribution in [-0.4, -0.2) is 40.5 Å². The van der Waals surface area contributed by atoms with Gasteiger partial charge >= 0.3 is 0 Å². The maximum Gasteiger partial charge on any atom is 0.295 e. The summed E-state index contributed by atoms with van der Waals surface area (Å²) in [5.74, 6) is -0.768. The highest BCUT2D eigenvalue weighted by Crippen LogP contribution is 2.40. The summed E-state index contributed by atoms with van der Waals surface area (Å²) in [5, 5.41) is 20.9.